The highest BCUT2D eigenvalue weighted by Crippen LogP contribution is 2.30. The Balaban J connectivity index is 2.26. The Kier molecular flexibility index (Phi) is 1.75. The first-order valence-electron chi connectivity index (χ1n) is 4.42. The topological polar surface area (TPSA) is 29.1 Å². The molecule has 12 heavy (non-hydrogen) atoms. The Morgan fingerprint density at radius 1 is 1.58 bits per heavy atom. The zero-order valence-electron chi connectivity index (χ0n) is 7.21. The molecule has 1 N–H and O–H groups in total. The van der Waals surface area contributed by atoms with Gasteiger partial charge in [0, 0.05) is 6.54 Å². The first-order chi connectivity index (χ1) is 5.79. The van der Waals surface area contributed by atoms with Crippen LogP contribution in [0.5, 0.6) is 0 Å². The molecule has 1 saturated heterocycles. The maximum absolute atomic E-state index is 11.4. The second kappa shape index (κ2) is 2.77. The van der Waals surface area contributed by atoms with Gasteiger partial charge in [-0.3, -0.25) is 4.79 Å². The number of hydrogen-bond acceptors (Lipinski definition) is 1. The van der Waals surface area contributed by atoms with Crippen molar-refractivity contribution in [3.8, 4) is 0 Å². The van der Waals surface area contributed by atoms with E-state index >= 15 is 0 Å². The van der Waals surface area contributed by atoms with E-state index < -0.39 is 0 Å². The lowest BCUT2D eigenvalue weighted by Crippen LogP contribution is -2.42. The minimum Gasteiger partial charge on any atom is -0.356 e. The average Bonchev–Trinajstić information content (AvgIpc) is 2.07. The Morgan fingerprint density at radius 3 is 3.17 bits per heavy atom. The molecule has 2 nitrogen and oxygen atoms in total. The third kappa shape index (κ3) is 1.07. The van der Waals surface area contributed by atoms with Gasteiger partial charge < -0.3 is 5.32 Å². The second-order valence-corrected chi connectivity index (χ2v) is 3.51. The fraction of sp³-hybridized carbons (Fsp3) is 0.500. The van der Waals surface area contributed by atoms with Crippen LogP contribution in [-0.4, -0.2) is 12.5 Å². The number of allylic oxidation sites excluding steroid dienone is 3. The maximum Gasteiger partial charge on any atom is 0.227 e. The van der Waals surface area contributed by atoms with Gasteiger partial charge in [-0.15, -0.1) is 0 Å². The minimum absolute atomic E-state index is 0.101. The lowest BCUT2D eigenvalue weighted by atomic mass is 9.78. The molecule has 64 valence electrons. The van der Waals surface area contributed by atoms with Gasteiger partial charge in [-0.2, -0.15) is 0 Å². The summed E-state index contributed by atoms with van der Waals surface area (Å²) in [4.78, 5) is 11.4. The average molecular weight is 163 g/mol. The van der Waals surface area contributed by atoms with Crippen molar-refractivity contribution in [2.45, 2.75) is 13.3 Å². The van der Waals surface area contributed by atoms with Gasteiger partial charge in [0.25, 0.3) is 0 Å². The molecule has 1 aliphatic carbocycles. The summed E-state index contributed by atoms with van der Waals surface area (Å²) < 4.78 is 0. The van der Waals surface area contributed by atoms with Crippen LogP contribution in [0.25, 0.3) is 0 Å². The fourth-order valence-electron chi connectivity index (χ4n) is 2.01. The molecule has 0 aromatic heterocycles. The molecule has 2 unspecified atom stereocenters. The molecule has 0 saturated carbocycles. The largest absolute Gasteiger partial charge is 0.356 e. The van der Waals surface area contributed by atoms with Crippen LogP contribution in [0, 0.1) is 11.8 Å². The second-order valence-electron chi connectivity index (χ2n) is 3.51. The predicted molar refractivity (Wildman–Crippen MR) is 47.5 cm³/mol. The Hall–Kier alpha value is -1.05. The predicted octanol–water partition coefficient (Wildman–Crippen LogP) is 1.25. The van der Waals surface area contributed by atoms with Crippen molar-refractivity contribution in [3.63, 3.8) is 0 Å². The Morgan fingerprint density at radius 2 is 2.42 bits per heavy atom. The van der Waals surface area contributed by atoms with Gasteiger partial charge in [0.1, 0.15) is 0 Å². The van der Waals surface area contributed by atoms with Gasteiger partial charge >= 0.3 is 0 Å². The van der Waals surface area contributed by atoms with Gasteiger partial charge in [0.15, 0.2) is 0 Å². The van der Waals surface area contributed by atoms with Crippen LogP contribution in [0.1, 0.15) is 13.3 Å². The van der Waals surface area contributed by atoms with Crippen LogP contribution in [-0.2, 0) is 4.79 Å². The molecule has 0 aromatic rings. The smallest absolute Gasteiger partial charge is 0.227 e. The fourth-order valence-corrected chi connectivity index (χ4v) is 2.01. The molecular weight excluding hydrogens is 150 g/mol. The molecule has 0 radical (unpaired) electrons. The normalized spacial score (nSPS) is 33.8. The Bertz CT molecular complexity index is 265. The van der Waals surface area contributed by atoms with Gasteiger partial charge in [0.2, 0.25) is 5.91 Å². The lowest BCUT2D eigenvalue weighted by molar-refractivity contribution is -0.126. The van der Waals surface area contributed by atoms with E-state index in [0.29, 0.717) is 5.92 Å². The van der Waals surface area contributed by atoms with E-state index in [2.05, 4.69) is 18.3 Å². The highest BCUT2D eigenvalue weighted by atomic mass is 16.1. The number of piperidine rings is 1. The van der Waals surface area contributed by atoms with Gasteiger partial charge in [0.05, 0.1) is 5.92 Å². The molecule has 2 heteroatoms. The summed E-state index contributed by atoms with van der Waals surface area (Å²) in [5.74, 6) is 0.752. The van der Waals surface area contributed by atoms with E-state index in [9.17, 15) is 4.79 Å². The van der Waals surface area contributed by atoms with E-state index in [1.807, 2.05) is 12.2 Å². The van der Waals surface area contributed by atoms with E-state index in [1.165, 1.54) is 5.57 Å². The summed E-state index contributed by atoms with van der Waals surface area (Å²) in [5.41, 5.74) is 1.34. The summed E-state index contributed by atoms with van der Waals surface area (Å²) in [6.45, 7) is 2.94. The highest BCUT2D eigenvalue weighted by molar-refractivity contribution is 5.82. The SMILES string of the molecule is CC1=CC=CC2C(=O)NCCC12. The number of rotatable bonds is 0. The van der Waals surface area contributed by atoms with Crippen LogP contribution < -0.4 is 5.32 Å². The van der Waals surface area contributed by atoms with Gasteiger partial charge in [-0.05, 0) is 19.3 Å². The highest BCUT2D eigenvalue weighted by Gasteiger charge is 2.31. The van der Waals surface area contributed by atoms with E-state index in [1.54, 1.807) is 0 Å². The third-order valence-corrected chi connectivity index (χ3v) is 2.75. The lowest BCUT2D eigenvalue weighted by Gasteiger charge is -2.31. The van der Waals surface area contributed by atoms with Crippen LogP contribution in [0.15, 0.2) is 23.8 Å². The number of carbonyl (C=O) groups is 1. The molecule has 2 atom stereocenters. The van der Waals surface area contributed by atoms with E-state index in [-0.39, 0.29) is 11.8 Å². The first kappa shape index (κ1) is 7.59. The summed E-state index contributed by atoms with van der Waals surface area (Å²) in [7, 11) is 0. The number of nitrogens with one attached hydrogen (secondary N) is 1. The van der Waals surface area contributed by atoms with Crippen molar-refractivity contribution in [2.24, 2.45) is 11.8 Å². The van der Waals surface area contributed by atoms with Crippen molar-refractivity contribution < 1.29 is 4.79 Å². The third-order valence-electron chi connectivity index (χ3n) is 2.75. The van der Waals surface area contributed by atoms with Crippen molar-refractivity contribution >= 4 is 5.91 Å². The van der Waals surface area contributed by atoms with Crippen molar-refractivity contribution in [1.82, 2.24) is 5.32 Å². The van der Waals surface area contributed by atoms with Crippen LogP contribution >= 0.6 is 0 Å². The standard InChI is InChI=1S/C10H13NO/c1-7-3-2-4-9-8(7)5-6-11-10(9)12/h2-4,8-9H,5-6H2,1H3,(H,11,12). The van der Waals surface area contributed by atoms with Crippen molar-refractivity contribution in [1.29, 1.82) is 0 Å². The molecule has 0 aromatic carbocycles. The molecule has 1 aliphatic heterocycles. The summed E-state index contributed by atoms with van der Waals surface area (Å²) in [6, 6.07) is 0. The number of hydrogen-bond donors (Lipinski definition) is 1. The quantitative estimate of drug-likeness (QED) is 0.572. The van der Waals surface area contributed by atoms with Gasteiger partial charge in [-0.1, -0.05) is 23.8 Å². The molecule has 2 aliphatic rings. The monoisotopic (exact) mass is 163 g/mol. The van der Waals surface area contributed by atoms with Crippen molar-refractivity contribution in [2.75, 3.05) is 6.54 Å². The van der Waals surface area contributed by atoms with Crippen LogP contribution in [0.4, 0.5) is 0 Å². The molecule has 1 amide bonds. The molecule has 0 spiro atoms. The van der Waals surface area contributed by atoms with Gasteiger partial charge in [-0.25, -0.2) is 0 Å². The molecular formula is C10H13NO. The zero-order chi connectivity index (χ0) is 8.55. The summed E-state index contributed by atoms with van der Waals surface area (Å²) in [5, 5.41) is 2.88. The Labute approximate surface area is 72.3 Å². The number of fused-ring (bicyclic) bond motifs is 1. The van der Waals surface area contributed by atoms with Crippen LogP contribution in [0.2, 0.25) is 0 Å². The number of carbonyl (C=O) groups excluding carboxylic acids is 1. The van der Waals surface area contributed by atoms with Crippen LogP contribution in [0.3, 0.4) is 0 Å². The van der Waals surface area contributed by atoms with Crippen molar-refractivity contribution in [3.05, 3.63) is 23.8 Å². The summed E-state index contributed by atoms with van der Waals surface area (Å²) in [6.07, 6.45) is 7.19. The van der Waals surface area contributed by atoms with E-state index in [0.717, 1.165) is 13.0 Å². The summed E-state index contributed by atoms with van der Waals surface area (Å²) >= 11 is 0. The molecule has 1 heterocycles. The zero-order valence-corrected chi connectivity index (χ0v) is 7.21. The first-order valence-corrected chi connectivity index (χ1v) is 4.42. The minimum atomic E-state index is 0.101. The molecule has 1 fully saturated rings. The van der Waals surface area contributed by atoms with E-state index in [4.69, 9.17) is 0 Å². The number of amides is 1. The molecule has 2 rings (SSSR count). The molecule has 0 bridgehead atoms. The maximum atomic E-state index is 11.4.